The van der Waals surface area contributed by atoms with Gasteiger partial charge in [0, 0.05) is 16.1 Å². The molecule has 0 fully saturated rings. The van der Waals surface area contributed by atoms with E-state index in [4.69, 9.17) is 4.52 Å². The molecule has 7 nitrogen and oxygen atoms in total. The zero-order valence-corrected chi connectivity index (χ0v) is 13.4. The van der Waals surface area contributed by atoms with Crippen LogP contribution in [0.15, 0.2) is 37.6 Å². The standard InChI is InChI=1S/C13H9BrN4O3S/c14-7-4-9(22-6-7)13(20)16-5-10-17-11(18-21-10)8-2-1-3-15-12(8)19/h1-4,6,8H,5H2,(H,16,20). The molecule has 0 aromatic carbocycles. The molecule has 2 aromatic rings. The van der Waals surface area contributed by atoms with Crippen LogP contribution in [0.4, 0.5) is 0 Å². The average molecular weight is 381 g/mol. The Morgan fingerprint density at radius 1 is 1.50 bits per heavy atom. The fraction of sp³-hybridized carbons (Fsp3) is 0.154. The summed E-state index contributed by atoms with van der Waals surface area (Å²) < 4.78 is 5.89. The maximum absolute atomic E-state index is 11.9. The van der Waals surface area contributed by atoms with Gasteiger partial charge in [0.2, 0.25) is 5.89 Å². The number of aliphatic imine (C=N–C) groups is 1. The maximum Gasteiger partial charge on any atom is 0.261 e. The average Bonchev–Trinajstić information content (AvgIpc) is 3.14. The van der Waals surface area contributed by atoms with Crippen molar-refractivity contribution in [2.75, 3.05) is 0 Å². The molecular weight excluding hydrogens is 372 g/mol. The highest BCUT2D eigenvalue weighted by molar-refractivity contribution is 9.10. The van der Waals surface area contributed by atoms with Gasteiger partial charge >= 0.3 is 0 Å². The maximum atomic E-state index is 11.9. The van der Waals surface area contributed by atoms with Crippen molar-refractivity contribution in [3.05, 3.63) is 44.7 Å². The molecule has 1 aliphatic heterocycles. The summed E-state index contributed by atoms with van der Waals surface area (Å²) in [6.45, 7) is 0.0925. The molecule has 1 atom stereocenters. The van der Waals surface area contributed by atoms with Crippen molar-refractivity contribution in [1.29, 1.82) is 0 Å². The van der Waals surface area contributed by atoms with Crippen LogP contribution in [0.2, 0.25) is 0 Å². The minimum absolute atomic E-state index is 0.0925. The first-order chi connectivity index (χ1) is 10.6. The van der Waals surface area contributed by atoms with Gasteiger partial charge in [-0.15, -0.1) is 11.3 Å². The first-order valence-corrected chi connectivity index (χ1v) is 7.90. The smallest absolute Gasteiger partial charge is 0.261 e. The van der Waals surface area contributed by atoms with Gasteiger partial charge in [0.25, 0.3) is 11.8 Å². The van der Waals surface area contributed by atoms with Gasteiger partial charge in [-0.3, -0.25) is 9.59 Å². The van der Waals surface area contributed by atoms with Gasteiger partial charge in [-0.05, 0) is 28.1 Å². The highest BCUT2D eigenvalue weighted by atomic mass is 79.9. The molecule has 0 saturated carbocycles. The van der Waals surface area contributed by atoms with Gasteiger partial charge in [-0.2, -0.15) is 4.98 Å². The van der Waals surface area contributed by atoms with E-state index in [0.29, 0.717) is 4.88 Å². The highest BCUT2D eigenvalue weighted by Crippen LogP contribution is 2.20. The van der Waals surface area contributed by atoms with Gasteiger partial charge < -0.3 is 9.84 Å². The van der Waals surface area contributed by atoms with Crippen LogP contribution in [0.1, 0.15) is 27.3 Å². The van der Waals surface area contributed by atoms with E-state index < -0.39 is 5.92 Å². The fourth-order valence-corrected chi connectivity index (χ4v) is 3.12. The SMILES string of the molecule is O=C(NCc1nc(C2C=CC=NC2=O)no1)c1cc(Br)cs1. The highest BCUT2D eigenvalue weighted by Gasteiger charge is 2.24. The molecule has 0 saturated heterocycles. The summed E-state index contributed by atoms with van der Waals surface area (Å²) >= 11 is 4.62. The van der Waals surface area contributed by atoms with E-state index >= 15 is 0 Å². The molecule has 22 heavy (non-hydrogen) atoms. The van der Waals surface area contributed by atoms with Crippen LogP contribution in [-0.4, -0.2) is 28.2 Å². The Balaban J connectivity index is 1.62. The normalized spacial score (nSPS) is 17.0. The van der Waals surface area contributed by atoms with E-state index in [1.165, 1.54) is 17.6 Å². The third-order valence-electron chi connectivity index (χ3n) is 2.81. The van der Waals surface area contributed by atoms with Crippen LogP contribution in [-0.2, 0) is 11.3 Å². The molecule has 112 valence electrons. The van der Waals surface area contributed by atoms with Crippen LogP contribution in [0.5, 0.6) is 0 Å². The minimum Gasteiger partial charge on any atom is -0.342 e. The Labute approximate surface area is 137 Å². The van der Waals surface area contributed by atoms with E-state index in [-0.39, 0.29) is 30.1 Å². The lowest BCUT2D eigenvalue weighted by Gasteiger charge is -2.04. The van der Waals surface area contributed by atoms with Gasteiger partial charge in [0.15, 0.2) is 5.82 Å². The zero-order valence-electron chi connectivity index (χ0n) is 11.0. The number of hydrogen-bond donors (Lipinski definition) is 1. The third kappa shape index (κ3) is 3.20. The number of carbonyl (C=O) groups is 2. The topological polar surface area (TPSA) is 97.5 Å². The lowest BCUT2D eigenvalue weighted by Crippen LogP contribution is -2.22. The van der Waals surface area contributed by atoms with E-state index in [2.05, 4.69) is 36.4 Å². The van der Waals surface area contributed by atoms with Crippen molar-refractivity contribution < 1.29 is 14.1 Å². The predicted octanol–water partition coefficient (Wildman–Crippen LogP) is 2.07. The van der Waals surface area contributed by atoms with E-state index in [1.54, 1.807) is 18.2 Å². The monoisotopic (exact) mass is 380 g/mol. The molecule has 1 unspecified atom stereocenters. The summed E-state index contributed by atoms with van der Waals surface area (Å²) in [6, 6.07) is 1.72. The lowest BCUT2D eigenvalue weighted by atomic mass is 10.1. The first-order valence-electron chi connectivity index (χ1n) is 6.23. The largest absolute Gasteiger partial charge is 0.342 e. The van der Waals surface area contributed by atoms with Gasteiger partial charge in [-0.1, -0.05) is 11.2 Å². The van der Waals surface area contributed by atoms with Crippen molar-refractivity contribution >= 4 is 45.3 Å². The van der Waals surface area contributed by atoms with Crippen molar-refractivity contribution in [3.63, 3.8) is 0 Å². The molecule has 0 aliphatic carbocycles. The van der Waals surface area contributed by atoms with Gasteiger partial charge in [0.1, 0.15) is 5.92 Å². The second-order valence-corrected chi connectivity index (χ2v) is 6.16. The molecule has 3 rings (SSSR count). The van der Waals surface area contributed by atoms with E-state index in [1.807, 2.05) is 5.38 Å². The minimum atomic E-state index is -0.633. The predicted molar refractivity (Wildman–Crippen MR) is 82.9 cm³/mol. The first kappa shape index (κ1) is 14.8. The number of halogens is 1. The van der Waals surface area contributed by atoms with Crippen molar-refractivity contribution in [2.24, 2.45) is 4.99 Å². The third-order valence-corrected chi connectivity index (χ3v) is 4.50. The molecule has 0 bridgehead atoms. The number of nitrogens with one attached hydrogen (secondary N) is 1. The van der Waals surface area contributed by atoms with Crippen LogP contribution in [0, 0.1) is 0 Å². The van der Waals surface area contributed by atoms with Crippen molar-refractivity contribution in [3.8, 4) is 0 Å². The van der Waals surface area contributed by atoms with Gasteiger partial charge in [0.05, 0.1) is 11.4 Å². The molecular formula is C13H9BrN4O3S. The number of rotatable bonds is 4. The lowest BCUT2D eigenvalue weighted by molar-refractivity contribution is -0.118. The second kappa shape index (κ2) is 6.32. The number of aromatic nitrogens is 2. The number of carbonyl (C=O) groups excluding carboxylic acids is 2. The Bertz CT molecular complexity index is 780. The summed E-state index contributed by atoms with van der Waals surface area (Å²) in [5.41, 5.74) is 0. The molecule has 2 amide bonds. The molecule has 3 heterocycles. The Morgan fingerprint density at radius 2 is 2.36 bits per heavy atom. The van der Waals surface area contributed by atoms with Crippen LogP contribution < -0.4 is 5.32 Å². The number of dihydropyridines is 1. The number of nitrogens with zero attached hydrogens (tertiary/aromatic N) is 3. The number of thiophene rings is 1. The summed E-state index contributed by atoms with van der Waals surface area (Å²) in [6.07, 6.45) is 4.71. The Morgan fingerprint density at radius 3 is 3.09 bits per heavy atom. The summed E-state index contributed by atoms with van der Waals surface area (Å²) in [5.74, 6) is -0.738. The fourth-order valence-electron chi connectivity index (χ4n) is 1.78. The number of hydrogen-bond acceptors (Lipinski definition) is 6. The molecule has 0 radical (unpaired) electrons. The molecule has 1 aliphatic rings. The van der Waals surface area contributed by atoms with Crippen molar-refractivity contribution in [2.45, 2.75) is 12.5 Å². The Hall–Kier alpha value is -2.13. The number of amides is 2. The van der Waals surface area contributed by atoms with E-state index in [9.17, 15) is 9.59 Å². The van der Waals surface area contributed by atoms with Crippen molar-refractivity contribution in [1.82, 2.24) is 15.5 Å². The second-order valence-electron chi connectivity index (χ2n) is 4.34. The zero-order chi connectivity index (χ0) is 15.5. The summed E-state index contributed by atoms with van der Waals surface area (Å²) in [5, 5.41) is 8.26. The molecule has 1 N–H and O–H groups in total. The van der Waals surface area contributed by atoms with Crippen LogP contribution >= 0.6 is 27.3 Å². The number of allylic oxidation sites excluding steroid dienone is 1. The van der Waals surface area contributed by atoms with Crippen LogP contribution in [0.25, 0.3) is 0 Å². The molecule has 2 aromatic heterocycles. The quantitative estimate of drug-likeness (QED) is 0.875. The molecule has 0 spiro atoms. The molecule has 9 heteroatoms. The Kier molecular flexibility index (Phi) is 4.25. The van der Waals surface area contributed by atoms with Crippen LogP contribution in [0.3, 0.4) is 0 Å². The van der Waals surface area contributed by atoms with E-state index in [0.717, 1.165) is 4.47 Å². The summed E-state index contributed by atoms with van der Waals surface area (Å²) in [4.78, 5) is 31.9. The summed E-state index contributed by atoms with van der Waals surface area (Å²) in [7, 11) is 0. The van der Waals surface area contributed by atoms with Gasteiger partial charge in [-0.25, -0.2) is 4.99 Å².